The summed E-state index contributed by atoms with van der Waals surface area (Å²) in [7, 11) is 0. The number of carboxylic acid groups (broad SMARTS) is 2. The van der Waals surface area contributed by atoms with Gasteiger partial charge in [0, 0.05) is 33.5 Å². The van der Waals surface area contributed by atoms with Crippen molar-refractivity contribution in [3.8, 4) is 5.69 Å². The predicted molar refractivity (Wildman–Crippen MR) is 187 cm³/mol. The second kappa shape index (κ2) is 11.2. The fourth-order valence-corrected chi connectivity index (χ4v) is 5.94. The largest absolute Gasteiger partial charge is 0.478 e. The molecule has 0 bridgehead atoms. The molecule has 1 aromatic heterocycles. The smallest absolute Gasteiger partial charge is 0.335 e. The molecule has 6 nitrogen and oxygen atoms in total. The SMILES string of the molecule is CC(C)(C)c1ccc2c(c1)c1cc(C(C)(C)C)ccc1n2-c1ccc(N(c2ccc(C(=O)O)cc2)c2ccc(C(=O)O)cc2)cc1. The maximum Gasteiger partial charge on any atom is 0.335 e. The summed E-state index contributed by atoms with van der Waals surface area (Å²) in [5, 5.41) is 21.3. The molecule has 0 saturated heterocycles. The quantitative estimate of drug-likeness (QED) is 0.196. The minimum absolute atomic E-state index is 0.0146. The molecule has 0 radical (unpaired) electrons. The van der Waals surface area contributed by atoms with Gasteiger partial charge >= 0.3 is 11.9 Å². The molecular weight excluding hydrogens is 572 g/mol. The highest BCUT2D eigenvalue weighted by molar-refractivity contribution is 6.10. The molecule has 5 aromatic carbocycles. The van der Waals surface area contributed by atoms with E-state index in [0.29, 0.717) is 0 Å². The van der Waals surface area contributed by atoms with Crippen LogP contribution in [0, 0.1) is 0 Å². The molecule has 6 rings (SSSR count). The second-order valence-corrected chi connectivity index (χ2v) is 13.9. The molecule has 6 aromatic rings. The zero-order valence-corrected chi connectivity index (χ0v) is 27.0. The molecule has 0 unspecified atom stereocenters. The van der Waals surface area contributed by atoms with E-state index in [4.69, 9.17) is 0 Å². The van der Waals surface area contributed by atoms with Gasteiger partial charge in [0.1, 0.15) is 0 Å². The summed E-state index contributed by atoms with van der Waals surface area (Å²) in [6.07, 6.45) is 0. The standard InChI is InChI=1S/C40H38N2O4/c1-39(2,3)27-11-21-35-33(23-27)34-24-28(40(4,5)6)12-22-36(34)42(35)32-19-17-31(18-20-32)41(29-13-7-25(8-14-29)37(43)44)30-15-9-26(10-16-30)38(45)46/h7-24H,1-6H3,(H,43,44)(H,45,46). The number of hydrogen-bond donors (Lipinski definition) is 2. The van der Waals surface area contributed by atoms with Crippen molar-refractivity contribution in [2.45, 2.75) is 52.4 Å². The summed E-state index contributed by atoms with van der Waals surface area (Å²) in [4.78, 5) is 25.0. The van der Waals surface area contributed by atoms with E-state index in [1.54, 1.807) is 48.5 Å². The van der Waals surface area contributed by atoms with E-state index in [2.05, 4.69) is 94.6 Å². The monoisotopic (exact) mass is 610 g/mol. The Labute approximate surface area is 269 Å². The highest BCUT2D eigenvalue weighted by atomic mass is 16.4. The van der Waals surface area contributed by atoms with E-state index >= 15 is 0 Å². The van der Waals surface area contributed by atoms with Gasteiger partial charge in [-0.15, -0.1) is 0 Å². The molecule has 0 amide bonds. The normalized spacial score (nSPS) is 12.0. The number of benzene rings is 5. The van der Waals surface area contributed by atoms with Crippen LogP contribution in [-0.2, 0) is 10.8 Å². The number of aromatic carboxylic acids is 2. The van der Waals surface area contributed by atoms with Gasteiger partial charge < -0.3 is 19.7 Å². The Balaban J connectivity index is 1.50. The van der Waals surface area contributed by atoms with E-state index in [0.717, 1.165) is 33.8 Å². The van der Waals surface area contributed by atoms with Crippen LogP contribution >= 0.6 is 0 Å². The Morgan fingerprint density at radius 1 is 0.522 bits per heavy atom. The lowest BCUT2D eigenvalue weighted by atomic mass is 9.85. The molecule has 0 atom stereocenters. The number of anilines is 3. The van der Waals surface area contributed by atoms with Crippen LogP contribution in [0.3, 0.4) is 0 Å². The number of carbonyl (C=O) groups is 2. The predicted octanol–water partition coefficient (Wildman–Crippen LogP) is 10.2. The molecule has 0 aliphatic carbocycles. The maximum absolute atomic E-state index is 11.5. The van der Waals surface area contributed by atoms with E-state index in [-0.39, 0.29) is 22.0 Å². The average molecular weight is 611 g/mol. The van der Waals surface area contributed by atoms with Crippen molar-refractivity contribution in [2.24, 2.45) is 0 Å². The number of rotatable bonds is 6. The van der Waals surface area contributed by atoms with Gasteiger partial charge in [-0.05, 0) is 119 Å². The minimum Gasteiger partial charge on any atom is -0.478 e. The van der Waals surface area contributed by atoms with Crippen LogP contribution in [-0.4, -0.2) is 26.7 Å². The molecule has 0 aliphatic heterocycles. The average Bonchev–Trinajstić information content (AvgIpc) is 3.34. The third-order valence-corrected chi connectivity index (χ3v) is 8.61. The van der Waals surface area contributed by atoms with Gasteiger partial charge in [0.15, 0.2) is 0 Å². The lowest BCUT2D eigenvalue weighted by molar-refractivity contribution is 0.0686. The van der Waals surface area contributed by atoms with Crippen LogP contribution < -0.4 is 4.90 Å². The highest BCUT2D eigenvalue weighted by Crippen LogP contribution is 2.39. The lowest BCUT2D eigenvalue weighted by Crippen LogP contribution is -2.11. The molecule has 2 N–H and O–H groups in total. The molecule has 1 heterocycles. The lowest BCUT2D eigenvalue weighted by Gasteiger charge is -2.26. The Hall–Kier alpha value is -5.36. The Morgan fingerprint density at radius 2 is 0.870 bits per heavy atom. The number of nitrogens with zero attached hydrogens (tertiary/aromatic N) is 2. The fraction of sp³-hybridized carbons (Fsp3) is 0.200. The van der Waals surface area contributed by atoms with Gasteiger partial charge in [0.25, 0.3) is 0 Å². The van der Waals surface area contributed by atoms with Gasteiger partial charge in [-0.25, -0.2) is 9.59 Å². The summed E-state index contributed by atoms with van der Waals surface area (Å²) in [5.41, 5.74) is 8.61. The Morgan fingerprint density at radius 3 is 1.20 bits per heavy atom. The number of fused-ring (bicyclic) bond motifs is 3. The topological polar surface area (TPSA) is 82.8 Å². The van der Waals surface area contributed by atoms with E-state index in [9.17, 15) is 19.8 Å². The van der Waals surface area contributed by atoms with Crippen LogP contribution in [0.2, 0.25) is 0 Å². The summed E-state index contributed by atoms with van der Waals surface area (Å²) in [6.45, 7) is 13.4. The molecule has 6 heteroatoms. The highest BCUT2D eigenvalue weighted by Gasteiger charge is 2.21. The zero-order chi connectivity index (χ0) is 33.0. The molecule has 0 saturated carbocycles. The molecule has 232 valence electrons. The van der Waals surface area contributed by atoms with Crippen molar-refractivity contribution in [3.05, 3.63) is 131 Å². The fourth-order valence-electron chi connectivity index (χ4n) is 5.94. The summed E-state index contributed by atoms with van der Waals surface area (Å²) in [5.74, 6) is -1.99. The van der Waals surface area contributed by atoms with Crippen molar-refractivity contribution in [2.75, 3.05) is 4.90 Å². The van der Waals surface area contributed by atoms with Crippen LogP contribution in [0.4, 0.5) is 17.1 Å². The first kappa shape index (κ1) is 30.7. The zero-order valence-electron chi connectivity index (χ0n) is 27.0. The van der Waals surface area contributed by atoms with Crippen LogP contribution in [0.15, 0.2) is 109 Å². The van der Waals surface area contributed by atoms with Gasteiger partial charge in [-0.3, -0.25) is 0 Å². The third kappa shape index (κ3) is 5.63. The number of carboxylic acids is 2. The summed E-state index contributed by atoms with van der Waals surface area (Å²) >= 11 is 0. The molecule has 0 fully saturated rings. The molecular formula is C40H38N2O4. The van der Waals surface area contributed by atoms with Crippen LogP contribution in [0.5, 0.6) is 0 Å². The molecule has 46 heavy (non-hydrogen) atoms. The second-order valence-electron chi connectivity index (χ2n) is 13.9. The number of hydrogen-bond acceptors (Lipinski definition) is 3. The third-order valence-electron chi connectivity index (χ3n) is 8.61. The maximum atomic E-state index is 11.5. The van der Waals surface area contributed by atoms with Crippen molar-refractivity contribution < 1.29 is 19.8 Å². The Bertz CT molecular complexity index is 1960. The minimum atomic E-state index is -0.997. The van der Waals surface area contributed by atoms with Gasteiger partial charge in [-0.2, -0.15) is 0 Å². The number of aromatic nitrogens is 1. The van der Waals surface area contributed by atoms with Gasteiger partial charge in [0.05, 0.1) is 22.2 Å². The van der Waals surface area contributed by atoms with E-state index in [1.165, 1.54) is 21.9 Å². The first-order valence-electron chi connectivity index (χ1n) is 15.4. The van der Waals surface area contributed by atoms with Gasteiger partial charge in [0.2, 0.25) is 0 Å². The summed E-state index contributed by atoms with van der Waals surface area (Å²) < 4.78 is 2.31. The van der Waals surface area contributed by atoms with Crippen molar-refractivity contribution >= 4 is 50.8 Å². The van der Waals surface area contributed by atoms with Crippen molar-refractivity contribution in [3.63, 3.8) is 0 Å². The first-order chi connectivity index (χ1) is 21.7. The van der Waals surface area contributed by atoms with Crippen molar-refractivity contribution in [1.29, 1.82) is 0 Å². The van der Waals surface area contributed by atoms with E-state index in [1.807, 2.05) is 17.0 Å². The molecule has 0 spiro atoms. The van der Waals surface area contributed by atoms with Crippen LogP contribution in [0.25, 0.3) is 27.5 Å². The summed E-state index contributed by atoms with van der Waals surface area (Å²) in [6, 6.07) is 35.1. The van der Waals surface area contributed by atoms with Gasteiger partial charge in [-0.1, -0.05) is 53.7 Å². The van der Waals surface area contributed by atoms with Crippen molar-refractivity contribution in [1.82, 2.24) is 4.57 Å². The van der Waals surface area contributed by atoms with E-state index < -0.39 is 11.9 Å². The van der Waals surface area contributed by atoms with Crippen LogP contribution in [0.1, 0.15) is 73.4 Å². The first-order valence-corrected chi connectivity index (χ1v) is 15.4. The molecule has 0 aliphatic rings. The Kier molecular flexibility index (Phi) is 7.48.